The lowest BCUT2D eigenvalue weighted by Gasteiger charge is -2.26. The molecule has 0 amide bonds. The van der Waals surface area contributed by atoms with Crippen molar-refractivity contribution < 1.29 is 27.8 Å². The van der Waals surface area contributed by atoms with Crippen molar-refractivity contribution in [2.45, 2.75) is 45.4 Å². The van der Waals surface area contributed by atoms with E-state index in [0.717, 1.165) is 44.2 Å². The second-order valence-electron chi connectivity index (χ2n) is 7.53. The predicted octanol–water partition coefficient (Wildman–Crippen LogP) is 6.35. The van der Waals surface area contributed by atoms with Gasteiger partial charge < -0.3 is 9.47 Å². The fourth-order valence-corrected chi connectivity index (χ4v) is 3.84. The van der Waals surface area contributed by atoms with E-state index in [4.69, 9.17) is 21.1 Å². The number of carbonyl (C=O) groups is 2. The number of benzene rings is 2. The third-order valence-corrected chi connectivity index (χ3v) is 5.66. The Balaban J connectivity index is 1.60. The van der Waals surface area contributed by atoms with Gasteiger partial charge in [-0.25, -0.2) is 13.6 Å². The number of ether oxygens (including phenoxy) is 2. The molecule has 30 heavy (non-hydrogen) atoms. The third-order valence-electron chi connectivity index (χ3n) is 5.36. The monoisotopic (exact) mass is 436 g/mol. The van der Waals surface area contributed by atoms with E-state index in [0.29, 0.717) is 5.92 Å². The van der Waals surface area contributed by atoms with Crippen molar-refractivity contribution in [3.05, 3.63) is 58.6 Å². The molecule has 0 N–H and O–H groups in total. The SMILES string of the molecule is CCC[C@H]1CC[C@H](C(=O)Oc2ccc(C(=O)Oc3ccc(Cl)c(F)c3)c(F)c2)CC1. The van der Waals surface area contributed by atoms with Crippen LogP contribution in [0, 0.1) is 23.5 Å². The molecule has 0 heterocycles. The Morgan fingerprint density at radius 3 is 2.23 bits per heavy atom. The molecule has 1 aliphatic carbocycles. The first-order valence-corrected chi connectivity index (χ1v) is 10.4. The molecule has 1 fully saturated rings. The third kappa shape index (κ3) is 5.57. The van der Waals surface area contributed by atoms with E-state index in [-0.39, 0.29) is 34.0 Å². The molecule has 0 saturated heterocycles. The fourth-order valence-electron chi connectivity index (χ4n) is 3.72. The topological polar surface area (TPSA) is 52.6 Å². The van der Waals surface area contributed by atoms with Gasteiger partial charge in [0, 0.05) is 12.1 Å². The summed E-state index contributed by atoms with van der Waals surface area (Å²) in [5, 5.41) is -0.119. The standard InChI is InChI=1S/C23H23ClF2O4/c1-2-3-14-4-6-15(7-5-14)22(27)29-16-8-10-18(20(25)12-16)23(28)30-17-9-11-19(24)21(26)13-17/h8-15H,2-7H2,1H3/t14-,15-. The van der Waals surface area contributed by atoms with Crippen LogP contribution in [-0.2, 0) is 4.79 Å². The van der Waals surface area contributed by atoms with Crippen molar-refractivity contribution in [2.24, 2.45) is 11.8 Å². The molecule has 3 rings (SSSR count). The maximum absolute atomic E-state index is 14.4. The number of rotatable bonds is 6. The second kappa shape index (κ2) is 10.0. The van der Waals surface area contributed by atoms with Crippen LogP contribution in [-0.4, -0.2) is 11.9 Å². The summed E-state index contributed by atoms with van der Waals surface area (Å²) >= 11 is 5.58. The van der Waals surface area contributed by atoms with Crippen LogP contribution in [0.2, 0.25) is 5.02 Å². The number of esters is 2. The summed E-state index contributed by atoms with van der Waals surface area (Å²) in [7, 11) is 0. The molecule has 0 atom stereocenters. The van der Waals surface area contributed by atoms with Crippen LogP contribution in [0.15, 0.2) is 36.4 Å². The number of hydrogen-bond donors (Lipinski definition) is 0. The lowest BCUT2D eigenvalue weighted by Crippen LogP contribution is -2.25. The van der Waals surface area contributed by atoms with E-state index in [1.165, 1.54) is 30.7 Å². The molecule has 1 saturated carbocycles. The molecular formula is C23H23ClF2O4. The lowest BCUT2D eigenvalue weighted by molar-refractivity contribution is -0.140. The van der Waals surface area contributed by atoms with Crippen molar-refractivity contribution in [3.63, 3.8) is 0 Å². The maximum atomic E-state index is 14.4. The predicted molar refractivity (Wildman–Crippen MR) is 109 cm³/mol. The highest BCUT2D eigenvalue weighted by atomic mass is 35.5. The number of halogens is 3. The summed E-state index contributed by atoms with van der Waals surface area (Å²) in [6.07, 6.45) is 5.85. The Kier molecular flexibility index (Phi) is 7.43. The molecule has 4 nitrogen and oxygen atoms in total. The molecule has 160 valence electrons. The highest BCUT2D eigenvalue weighted by Gasteiger charge is 2.27. The van der Waals surface area contributed by atoms with Gasteiger partial charge in [0.25, 0.3) is 0 Å². The van der Waals surface area contributed by atoms with Crippen molar-refractivity contribution >= 4 is 23.5 Å². The Hall–Kier alpha value is -2.47. The first kappa shape index (κ1) is 22.2. The van der Waals surface area contributed by atoms with E-state index in [1.807, 2.05) is 0 Å². The first-order valence-electron chi connectivity index (χ1n) is 10.1. The molecule has 2 aromatic carbocycles. The van der Waals surface area contributed by atoms with Crippen LogP contribution in [0.1, 0.15) is 55.8 Å². The van der Waals surface area contributed by atoms with E-state index in [9.17, 15) is 18.4 Å². The minimum atomic E-state index is -0.999. The summed E-state index contributed by atoms with van der Waals surface area (Å²) < 4.78 is 38.1. The lowest BCUT2D eigenvalue weighted by atomic mass is 9.80. The average Bonchev–Trinajstić information content (AvgIpc) is 2.71. The van der Waals surface area contributed by atoms with E-state index < -0.39 is 17.6 Å². The number of hydrogen-bond acceptors (Lipinski definition) is 4. The molecule has 0 spiro atoms. The summed E-state index contributed by atoms with van der Waals surface area (Å²) in [6, 6.07) is 6.94. The molecule has 0 aromatic heterocycles. The number of carbonyl (C=O) groups excluding carboxylic acids is 2. The molecule has 1 aliphatic rings. The zero-order valence-corrected chi connectivity index (χ0v) is 17.4. The van der Waals surface area contributed by atoms with Crippen molar-refractivity contribution in [2.75, 3.05) is 0 Å². The maximum Gasteiger partial charge on any atom is 0.346 e. The van der Waals surface area contributed by atoms with Gasteiger partial charge in [-0.15, -0.1) is 0 Å². The summed E-state index contributed by atoms with van der Waals surface area (Å²) in [4.78, 5) is 24.6. The first-order chi connectivity index (χ1) is 14.4. The van der Waals surface area contributed by atoms with E-state index in [2.05, 4.69) is 6.92 Å². The quantitative estimate of drug-likeness (QED) is 0.391. The van der Waals surface area contributed by atoms with Crippen molar-refractivity contribution in [1.29, 1.82) is 0 Å². The highest BCUT2D eigenvalue weighted by Crippen LogP contribution is 2.32. The largest absolute Gasteiger partial charge is 0.426 e. The average molecular weight is 437 g/mol. The van der Waals surface area contributed by atoms with Crippen LogP contribution in [0.5, 0.6) is 11.5 Å². The van der Waals surface area contributed by atoms with Crippen LogP contribution in [0.3, 0.4) is 0 Å². The van der Waals surface area contributed by atoms with Gasteiger partial charge >= 0.3 is 11.9 Å². The van der Waals surface area contributed by atoms with Crippen LogP contribution >= 0.6 is 11.6 Å². The minimum absolute atomic E-state index is 0.0299. The van der Waals surface area contributed by atoms with Gasteiger partial charge in [-0.2, -0.15) is 0 Å². The zero-order valence-electron chi connectivity index (χ0n) is 16.6. The molecule has 0 bridgehead atoms. The molecule has 7 heteroatoms. The van der Waals surface area contributed by atoms with Crippen LogP contribution in [0.4, 0.5) is 8.78 Å². The fraction of sp³-hybridized carbons (Fsp3) is 0.391. The normalized spacial score (nSPS) is 18.7. The Labute approximate surface area is 179 Å². The Morgan fingerprint density at radius 2 is 1.60 bits per heavy atom. The van der Waals surface area contributed by atoms with Crippen molar-refractivity contribution in [3.8, 4) is 11.5 Å². The summed E-state index contributed by atoms with van der Waals surface area (Å²) in [6.45, 7) is 2.15. The van der Waals surface area contributed by atoms with E-state index >= 15 is 0 Å². The van der Waals surface area contributed by atoms with Gasteiger partial charge in [-0.3, -0.25) is 4.79 Å². The summed E-state index contributed by atoms with van der Waals surface area (Å²) in [5.41, 5.74) is -0.356. The molecule has 0 radical (unpaired) electrons. The second-order valence-corrected chi connectivity index (χ2v) is 7.94. The summed E-state index contributed by atoms with van der Waals surface area (Å²) in [5.74, 6) is -2.63. The van der Waals surface area contributed by atoms with E-state index in [1.54, 1.807) is 0 Å². The van der Waals surface area contributed by atoms with Crippen LogP contribution in [0.25, 0.3) is 0 Å². The molecular weight excluding hydrogens is 414 g/mol. The highest BCUT2D eigenvalue weighted by molar-refractivity contribution is 6.30. The van der Waals surface area contributed by atoms with Gasteiger partial charge in [-0.05, 0) is 55.9 Å². The van der Waals surface area contributed by atoms with Gasteiger partial charge in [0.2, 0.25) is 0 Å². The smallest absolute Gasteiger partial charge is 0.346 e. The molecule has 0 unspecified atom stereocenters. The van der Waals surface area contributed by atoms with Gasteiger partial charge in [0.05, 0.1) is 16.5 Å². The Bertz CT molecular complexity index is 923. The van der Waals surface area contributed by atoms with Gasteiger partial charge in [0.15, 0.2) is 0 Å². The van der Waals surface area contributed by atoms with Gasteiger partial charge in [0.1, 0.15) is 23.1 Å². The zero-order chi connectivity index (χ0) is 21.7. The minimum Gasteiger partial charge on any atom is -0.426 e. The van der Waals surface area contributed by atoms with Gasteiger partial charge in [-0.1, -0.05) is 31.4 Å². The Morgan fingerprint density at radius 1 is 0.967 bits per heavy atom. The molecule has 0 aliphatic heterocycles. The molecule has 2 aromatic rings. The van der Waals surface area contributed by atoms with Crippen LogP contribution < -0.4 is 9.47 Å². The van der Waals surface area contributed by atoms with Crippen molar-refractivity contribution in [1.82, 2.24) is 0 Å².